The van der Waals surface area contributed by atoms with Crippen molar-refractivity contribution in [2.45, 2.75) is 20.0 Å². The van der Waals surface area contributed by atoms with E-state index in [-0.39, 0.29) is 11.7 Å². The summed E-state index contributed by atoms with van der Waals surface area (Å²) in [4.78, 5) is 11.1. The zero-order valence-corrected chi connectivity index (χ0v) is 9.81. The van der Waals surface area contributed by atoms with Gasteiger partial charge in [-0.05, 0) is 31.5 Å². The minimum atomic E-state index is -0.204. The van der Waals surface area contributed by atoms with Gasteiger partial charge in [0.1, 0.15) is 5.75 Å². The fraction of sp³-hybridized carbons (Fsp3) is 0.231. The highest BCUT2D eigenvalue weighted by Crippen LogP contribution is 2.21. The van der Waals surface area contributed by atoms with Gasteiger partial charge in [0.25, 0.3) is 5.56 Å². The molecule has 4 heteroatoms. The van der Waals surface area contributed by atoms with E-state index in [2.05, 4.69) is 10.2 Å². The highest BCUT2D eigenvalue weighted by molar-refractivity contribution is 5.62. The second-order valence-electron chi connectivity index (χ2n) is 4.02. The molecule has 0 aliphatic carbocycles. The third kappa shape index (κ3) is 2.93. The van der Waals surface area contributed by atoms with Gasteiger partial charge in [0.15, 0.2) is 0 Å². The summed E-state index contributed by atoms with van der Waals surface area (Å²) >= 11 is 0. The molecule has 1 aromatic heterocycles. The van der Waals surface area contributed by atoms with Crippen LogP contribution in [0.5, 0.6) is 5.75 Å². The van der Waals surface area contributed by atoms with Gasteiger partial charge in [-0.15, -0.1) is 0 Å². The van der Waals surface area contributed by atoms with Gasteiger partial charge < -0.3 is 4.74 Å². The van der Waals surface area contributed by atoms with Crippen LogP contribution >= 0.6 is 0 Å². The highest BCUT2D eigenvalue weighted by Gasteiger charge is 2.01. The van der Waals surface area contributed by atoms with E-state index in [1.165, 1.54) is 6.07 Å². The van der Waals surface area contributed by atoms with Crippen molar-refractivity contribution in [3.8, 4) is 16.9 Å². The lowest BCUT2D eigenvalue weighted by atomic mass is 10.1. The van der Waals surface area contributed by atoms with Gasteiger partial charge in [0, 0.05) is 11.6 Å². The standard InChI is InChI=1S/C13H14N2O2/c1-9(2)17-12-5-3-10(4-6-12)11-7-13(16)15-14-8-11/h3-9H,1-2H3,(H,15,16). The molecule has 2 aromatic rings. The summed E-state index contributed by atoms with van der Waals surface area (Å²) in [5.74, 6) is 0.821. The predicted octanol–water partition coefficient (Wildman–Crippen LogP) is 2.22. The lowest BCUT2D eigenvalue weighted by Crippen LogP contribution is -2.06. The van der Waals surface area contributed by atoms with E-state index in [0.717, 1.165) is 16.9 Å². The van der Waals surface area contributed by atoms with Crippen LogP contribution in [0.2, 0.25) is 0 Å². The van der Waals surface area contributed by atoms with Crippen molar-refractivity contribution in [2.24, 2.45) is 0 Å². The zero-order valence-electron chi connectivity index (χ0n) is 9.81. The average Bonchev–Trinajstić information content (AvgIpc) is 2.29. The van der Waals surface area contributed by atoms with Crippen molar-refractivity contribution in [1.29, 1.82) is 0 Å². The van der Waals surface area contributed by atoms with Crippen LogP contribution < -0.4 is 10.3 Å². The normalized spacial score (nSPS) is 10.5. The molecule has 0 spiro atoms. The Bertz CT molecular complexity index is 544. The Balaban J connectivity index is 2.26. The highest BCUT2D eigenvalue weighted by atomic mass is 16.5. The van der Waals surface area contributed by atoms with Crippen LogP contribution in [0.4, 0.5) is 0 Å². The van der Waals surface area contributed by atoms with Crippen LogP contribution in [-0.4, -0.2) is 16.3 Å². The maximum absolute atomic E-state index is 11.1. The van der Waals surface area contributed by atoms with Crippen LogP contribution in [0.3, 0.4) is 0 Å². The summed E-state index contributed by atoms with van der Waals surface area (Å²) in [6.07, 6.45) is 1.78. The second-order valence-corrected chi connectivity index (χ2v) is 4.02. The monoisotopic (exact) mass is 230 g/mol. The SMILES string of the molecule is CC(C)Oc1ccc(-c2cn[nH]c(=O)c2)cc1. The molecule has 0 amide bonds. The minimum absolute atomic E-state index is 0.155. The molecule has 0 atom stereocenters. The largest absolute Gasteiger partial charge is 0.491 e. The number of ether oxygens (including phenoxy) is 1. The molecular weight excluding hydrogens is 216 g/mol. The number of aromatic nitrogens is 2. The summed E-state index contributed by atoms with van der Waals surface area (Å²) in [5, 5.41) is 6.11. The molecule has 88 valence electrons. The molecule has 0 bridgehead atoms. The summed E-state index contributed by atoms with van der Waals surface area (Å²) < 4.78 is 5.55. The molecule has 1 aromatic carbocycles. The predicted molar refractivity (Wildman–Crippen MR) is 66.1 cm³/mol. The molecule has 0 saturated heterocycles. The van der Waals surface area contributed by atoms with Gasteiger partial charge in [-0.1, -0.05) is 12.1 Å². The van der Waals surface area contributed by atoms with E-state index >= 15 is 0 Å². The van der Waals surface area contributed by atoms with Gasteiger partial charge in [-0.2, -0.15) is 5.10 Å². The fourth-order valence-electron chi connectivity index (χ4n) is 1.53. The first-order valence-corrected chi connectivity index (χ1v) is 5.47. The molecule has 0 unspecified atom stereocenters. The van der Waals surface area contributed by atoms with Crippen LogP contribution in [-0.2, 0) is 0 Å². The van der Waals surface area contributed by atoms with Gasteiger partial charge in [-0.3, -0.25) is 4.79 Å². The van der Waals surface area contributed by atoms with E-state index in [9.17, 15) is 4.79 Å². The Morgan fingerprint density at radius 3 is 2.47 bits per heavy atom. The lowest BCUT2D eigenvalue weighted by molar-refractivity contribution is 0.242. The second kappa shape index (κ2) is 4.82. The Hall–Kier alpha value is -2.10. The number of aromatic amines is 1. The van der Waals surface area contributed by atoms with Crippen LogP contribution in [0, 0.1) is 0 Å². The van der Waals surface area contributed by atoms with E-state index < -0.39 is 0 Å². The molecule has 0 aliphatic rings. The van der Waals surface area contributed by atoms with E-state index in [4.69, 9.17) is 4.74 Å². The molecule has 1 N–H and O–H groups in total. The van der Waals surface area contributed by atoms with Gasteiger partial charge in [-0.25, -0.2) is 5.10 Å². The molecule has 17 heavy (non-hydrogen) atoms. The van der Waals surface area contributed by atoms with E-state index in [1.807, 2.05) is 38.1 Å². The van der Waals surface area contributed by atoms with Crippen molar-refractivity contribution in [3.63, 3.8) is 0 Å². The van der Waals surface area contributed by atoms with Crippen molar-refractivity contribution >= 4 is 0 Å². The fourth-order valence-corrected chi connectivity index (χ4v) is 1.53. The summed E-state index contributed by atoms with van der Waals surface area (Å²) in [6.45, 7) is 3.96. The first kappa shape index (κ1) is 11.4. The topological polar surface area (TPSA) is 55.0 Å². The first-order chi connectivity index (χ1) is 8.15. The molecule has 0 saturated carbocycles. The number of hydrogen-bond acceptors (Lipinski definition) is 3. The number of hydrogen-bond donors (Lipinski definition) is 1. The average molecular weight is 230 g/mol. The van der Waals surface area contributed by atoms with Crippen molar-refractivity contribution in [2.75, 3.05) is 0 Å². The first-order valence-electron chi connectivity index (χ1n) is 5.47. The Labute approximate surface area is 99.3 Å². The third-order valence-corrected chi connectivity index (χ3v) is 2.22. The summed E-state index contributed by atoms with van der Waals surface area (Å²) in [6, 6.07) is 9.11. The number of H-pyrrole nitrogens is 1. The summed E-state index contributed by atoms with van der Waals surface area (Å²) in [7, 11) is 0. The third-order valence-electron chi connectivity index (χ3n) is 2.22. The number of rotatable bonds is 3. The maximum atomic E-state index is 11.1. The quantitative estimate of drug-likeness (QED) is 0.879. The minimum Gasteiger partial charge on any atom is -0.491 e. The molecule has 0 radical (unpaired) electrons. The van der Waals surface area contributed by atoms with Gasteiger partial charge >= 0.3 is 0 Å². The number of nitrogens with one attached hydrogen (secondary N) is 1. The van der Waals surface area contributed by atoms with Crippen molar-refractivity contribution in [3.05, 3.63) is 46.9 Å². The van der Waals surface area contributed by atoms with Gasteiger partial charge in [0.05, 0.1) is 12.3 Å². The Morgan fingerprint density at radius 2 is 1.88 bits per heavy atom. The number of nitrogens with zero attached hydrogens (tertiary/aromatic N) is 1. The van der Waals surface area contributed by atoms with Crippen LogP contribution in [0.1, 0.15) is 13.8 Å². The summed E-state index contributed by atoms with van der Waals surface area (Å²) in [5.41, 5.74) is 1.54. The van der Waals surface area contributed by atoms with E-state index in [0.29, 0.717) is 0 Å². The maximum Gasteiger partial charge on any atom is 0.264 e. The van der Waals surface area contributed by atoms with Crippen molar-refractivity contribution < 1.29 is 4.74 Å². The number of benzene rings is 1. The molecular formula is C13H14N2O2. The lowest BCUT2D eigenvalue weighted by Gasteiger charge is -2.09. The van der Waals surface area contributed by atoms with Crippen LogP contribution in [0.25, 0.3) is 11.1 Å². The molecule has 0 fully saturated rings. The Morgan fingerprint density at radius 1 is 1.18 bits per heavy atom. The van der Waals surface area contributed by atoms with Crippen molar-refractivity contribution in [1.82, 2.24) is 10.2 Å². The van der Waals surface area contributed by atoms with Crippen LogP contribution in [0.15, 0.2) is 41.3 Å². The molecule has 1 heterocycles. The molecule has 4 nitrogen and oxygen atoms in total. The van der Waals surface area contributed by atoms with Gasteiger partial charge in [0.2, 0.25) is 0 Å². The zero-order chi connectivity index (χ0) is 12.3. The molecule has 0 aliphatic heterocycles. The van der Waals surface area contributed by atoms with E-state index in [1.54, 1.807) is 6.20 Å². The smallest absolute Gasteiger partial charge is 0.264 e. The Kier molecular flexibility index (Phi) is 3.23. The molecule has 2 rings (SSSR count).